The number of carbonyl (C=O) groups is 1. The lowest BCUT2D eigenvalue weighted by atomic mass is 10.1. The molecule has 29 heavy (non-hydrogen) atoms. The monoisotopic (exact) mass is 429 g/mol. The number of nitrogens with zero attached hydrogens (tertiary/aromatic N) is 3. The maximum Gasteiger partial charge on any atom is 0.263 e. The van der Waals surface area contributed by atoms with Gasteiger partial charge >= 0.3 is 0 Å². The molecule has 154 valence electrons. The zero-order valence-corrected chi connectivity index (χ0v) is 19.2. The molecule has 0 unspecified atom stereocenters. The van der Waals surface area contributed by atoms with Crippen LogP contribution in [0.5, 0.6) is 0 Å². The van der Waals surface area contributed by atoms with Crippen LogP contribution in [-0.2, 0) is 12.3 Å². The van der Waals surface area contributed by atoms with E-state index in [1.165, 1.54) is 0 Å². The summed E-state index contributed by atoms with van der Waals surface area (Å²) >= 11 is 3.14. The van der Waals surface area contributed by atoms with Crippen molar-refractivity contribution in [2.75, 3.05) is 14.1 Å². The minimum Gasteiger partial charge on any atom is -0.345 e. The quantitative estimate of drug-likeness (QED) is 0.397. The Morgan fingerprint density at radius 1 is 1.28 bits per heavy atom. The van der Waals surface area contributed by atoms with Gasteiger partial charge in [0.2, 0.25) is 0 Å². The highest BCUT2D eigenvalue weighted by Gasteiger charge is 2.17. The van der Waals surface area contributed by atoms with Crippen molar-refractivity contribution in [1.29, 1.82) is 0 Å². The molecule has 0 saturated heterocycles. The van der Waals surface area contributed by atoms with Gasteiger partial charge in [0.05, 0.1) is 5.39 Å². The first-order valence-corrected chi connectivity index (χ1v) is 11.6. The predicted octanol–water partition coefficient (Wildman–Crippen LogP) is 4.87. The fraction of sp³-hybridized carbons (Fsp3) is 0.409. The van der Waals surface area contributed by atoms with E-state index in [1.807, 2.05) is 42.7 Å². The summed E-state index contributed by atoms with van der Waals surface area (Å²) in [5.74, 6) is 0.642. The van der Waals surface area contributed by atoms with Gasteiger partial charge in [-0.3, -0.25) is 14.2 Å². The fourth-order valence-corrected chi connectivity index (χ4v) is 5.17. The van der Waals surface area contributed by atoms with Crippen molar-refractivity contribution in [3.63, 3.8) is 0 Å². The summed E-state index contributed by atoms with van der Waals surface area (Å²) in [4.78, 5) is 33.8. The second-order valence-electron chi connectivity index (χ2n) is 7.36. The molecular weight excluding hydrogens is 402 g/mol. The standard InChI is InChI=1S/C22H27N3O2S2/c1-6-7-11-25-21(27)18-14(2)15(3)29-19(18)23-22(25)28-13-16-9-8-10-17(12-16)20(26)24(4)5/h8-10,12H,6-7,11,13H2,1-5H3. The molecule has 3 rings (SSSR count). The van der Waals surface area contributed by atoms with Crippen molar-refractivity contribution in [1.82, 2.24) is 14.5 Å². The van der Waals surface area contributed by atoms with E-state index in [1.54, 1.807) is 42.1 Å². The zero-order valence-electron chi connectivity index (χ0n) is 17.6. The van der Waals surface area contributed by atoms with Gasteiger partial charge in [-0.2, -0.15) is 0 Å². The number of thioether (sulfide) groups is 1. The SMILES string of the molecule is CCCCn1c(SCc2cccc(C(=O)N(C)C)c2)nc2sc(C)c(C)c2c1=O. The Bertz CT molecular complexity index is 1100. The molecule has 5 nitrogen and oxygen atoms in total. The minimum atomic E-state index is -0.0132. The molecule has 2 heterocycles. The topological polar surface area (TPSA) is 55.2 Å². The first-order valence-electron chi connectivity index (χ1n) is 9.77. The van der Waals surface area contributed by atoms with Crippen LogP contribution < -0.4 is 5.56 Å². The third kappa shape index (κ3) is 4.56. The number of benzene rings is 1. The Morgan fingerprint density at radius 2 is 2.03 bits per heavy atom. The molecule has 2 aromatic heterocycles. The van der Waals surface area contributed by atoms with E-state index in [-0.39, 0.29) is 11.5 Å². The fourth-order valence-electron chi connectivity index (χ4n) is 3.13. The molecule has 7 heteroatoms. The molecule has 0 aliphatic rings. The van der Waals surface area contributed by atoms with Gasteiger partial charge in [0.15, 0.2) is 5.16 Å². The molecule has 0 aliphatic heterocycles. The van der Waals surface area contributed by atoms with Crippen molar-refractivity contribution < 1.29 is 4.79 Å². The summed E-state index contributed by atoms with van der Waals surface area (Å²) in [6.45, 7) is 6.84. The maximum atomic E-state index is 13.2. The molecular formula is C22H27N3O2S2. The Hall–Kier alpha value is -2.12. The molecule has 0 atom stereocenters. The van der Waals surface area contributed by atoms with Gasteiger partial charge < -0.3 is 4.90 Å². The van der Waals surface area contributed by atoms with Crippen LogP contribution in [0, 0.1) is 13.8 Å². The van der Waals surface area contributed by atoms with Gasteiger partial charge in [0.25, 0.3) is 11.5 Å². The van der Waals surface area contributed by atoms with Gasteiger partial charge in [0.1, 0.15) is 4.83 Å². The van der Waals surface area contributed by atoms with Crippen LogP contribution in [0.2, 0.25) is 0 Å². The first kappa shape index (κ1) is 21.6. The number of amides is 1. The van der Waals surface area contributed by atoms with E-state index < -0.39 is 0 Å². The van der Waals surface area contributed by atoms with Gasteiger partial charge in [-0.1, -0.05) is 37.2 Å². The molecule has 0 radical (unpaired) electrons. The molecule has 0 fully saturated rings. The Kier molecular flexibility index (Phi) is 6.80. The highest BCUT2D eigenvalue weighted by Crippen LogP contribution is 2.29. The predicted molar refractivity (Wildman–Crippen MR) is 122 cm³/mol. The van der Waals surface area contributed by atoms with Gasteiger partial charge in [-0.05, 0) is 43.5 Å². The van der Waals surface area contributed by atoms with Crippen LogP contribution in [0.1, 0.15) is 46.1 Å². The Morgan fingerprint density at radius 3 is 2.72 bits per heavy atom. The average Bonchev–Trinajstić information content (AvgIpc) is 2.99. The maximum absolute atomic E-state index is 13.2. The number of fused-ring (bicyclic) bond motifs is 1. The van der Waals surface area contributed by atoms with Crippen LogP contribution >= 0.6 is 23.1 Å². The summed E-state index contributed by atoms with van der Waals surface area (Å²) in [6, 6.07) is 7.66. The largest absolute Gasteiger partial charge is 0.345 e. The van der Waals surface area contributed by atoms with Crippen molar-refractivity contribution in [2.45, 2.75) is 51.1 Å². The summed E-state index contributed by atoms with van der Waals surface area (Å²) in [5.41, 5.74) is 2.81. The lowest BCUT2D eigenvalue weighted by molar-refractivity contribution is 0.0827. The van der Waals surface area contributed by atoms with Crippen molar-refractivity contribution >= 4 is 39.2 Å². The summed E-state index contributed by atoms with van der Waals surface area (Å²) in [6.07, 6.45) is 1.96. The van der Waals surface area contributed by atoms with E-state index in [2.05, 4.69) is 6.92 Å². The molecule has 1 aromatic carbocycles. The number of aryl methyl sites for hydroxylation is 2. The zero-order chi connectivity index (χ0) is 21.1. The van der Waals surface area contributed by atoms with Gasteiger partial charge in [-0.15, -0.1) is 11.3 Å². The third-order valence-electron chi connectivity index (χ3n) is 4.94. The van der Waals surface area contributed by atoms with Crippen molar-refractivity contribution in [3.8, 4) is 0 Å². The van der Waals surface area contributed by atoms with Gasteiger partial charge in [0, 0.05) is 36.8 Å². The molecule has 0 spiro atoms. The number of rotatable bonds is 7. The van der Waals surface area contributed by atoms with Crippen LogP contribution in [0.3, 0.4) is 0 Å². The van der Waals surface area contributed by atoms with E-state index in [0.29, 0.717) is 17.9 Å². The molecule has 1 amide bonds. The Balaban J connectivity index is 1.94. The lowest BCUT2D eigenvalue weighted by Crippen LogP contribution is -2.23. The lowest BCUT2D eigenvalue weighted by Gasteiger charge is -2.13. The van der Waals surface area contributed by atoms with Gasteiger partial charge in [-0.25, -0.2) is 4.98 Å². The van der Waals surface area contributed by atoms with E-state index >= 15 is 0 Å². The van der Waals surface area contributed by atoms with Crippen molar-refractivity contribution in [2.24, 2.45) is 0 Å². The van der Waals surface area contributed by atoms with E-state index in [4.69, 9.17) is 4.98 Å². The van der Waals surface area contributed by atoms with Crippen LogP contribution in [0.25, 0.3) is 10.2 Å². The number of unbranched alkanes of at least 4 members (excludes halogenated alkanes) is 1. The smallest absolute Gasteiger partial charge is 0.263 e. The molecule has 3 aromatic rings. The van der Waals surface area contributed by atoms with Crippen molar-refractivity contribution in [3.05, 3.63) is 56.2 Å². The van der Waals surface area contributed by atoms with Crippen LogP contribution in [0.15, 0.2) is 34.2 Å². The second-order valence-corrected chi connectivity index (χ2v) is 9.50. The molecule has 0 bridgehead atoms. The number of carbonyl (C=O) groups excluding carboxylic acids is 1. The van der Waals surface area contributed by atoms with Crippen LogP contribution in [-0.4, -0.2) is 34.5 Å². The average molecular weight is 430 g/mol. The first-order chi connectivity index (χ1) is 13.8. The summed E-state index contributed by atoms with van der Waals surface area (Å²) in [7, 11) is 3.50. The van der Waals surface area contributed by atoms with E-state index in [9.17, 15) is 9.59 Å². The highest BCUT2D eigenvalue weighted by atomic mass is 32.2. The van der Waals surface area contributed by atoms with E-state index in [0.717, 1.165) is 44.2 Å². The number of thiophene rings is 1. The number of hydrogen-bond donors (Lipinski definition) is 0. The Labute approximate surface area is 179 Å². The minimum absolute atomic E-state index is 0.0132. The van der Waals surface area contributed by atoms with Crippen LogP contribution in [0.4, 0.5) is 0 Å². The number of aromatic nitrogens is 2. The second kappa shape index (κ2) is 9.13. The number of hydrogen-bond acceptors (Lipinski definition) is 5. The normalized spacial score (nSPS) is 11.2. The summed E-state index contributed by atoms with van der Waals surface area (Å²) < 4.78 is 1.82. The summed E-state index contributed by atoms with van der Waals surface area (Å²) in [5, 5.41) is 1.51. The molecule has 0 aliphatic carbocycles. The molecule has 0 N–H and O–H groups in total. The highest BCUT2D eigenvalue weighted by molar-refractivity contribution is 7.98. The third-order valence-corrected chi connectivity index (χ3v) is 7.09. The molecule has 0 saturated carbocycles.